The van der Waals surface area contributed by atoms with Crippen LogP contribution in [0.2, 0.25) is 0 Å². The molecule has 4 nitrogen and oxygen atoms in total. The topological polar surface area (TPSA) is 62.3 Å². The minimum atomic E-state index is 0.115. The van der Waals surface area contributed by atoms with Gasteiger partial charge in [0, 0.05) is 12.7 Å². The molecule has 0 amide bonds. The maximum atomic E-state index is 8.68. The quantitative estimate of drug-likeness (QED) is 0.700. The summed E-state index contributed by atoms with van der Waals surface area (Å²) >= 11 is 0. The van der Waals surface area contributed by atoms with Gasteiger partial charge in [-0.3, -0.25) is 0 Å². The zero-order valence-corrected chi connectivity index (χ0v) is 8.60. The maximum absolute atomic E-state index is 8.68. The van der Waals surface area contributed by atoms with Gasteiger partial charge in [0.05, 0.1) is 24.2 Å². The molecule has 1 aliphatic rings. The summed E-state index contributed by atoms with van der Waals surface area (Å²) in [5.74, 6) is 0.834. The van der Waals surface area contributed by atoms with E-state index in [4.69, 9.17) is 15.7 Å². The molecule has 0 saturated heterocycles. The SMILES string of the molecule is CN1c2cc(N)ccc2OCC1CC#N. The molecule has 0 fully saturated rings. The summed E-state index contributed by atoms with van der Waals surface area (Å²) in [6.45, 7) is 0.557. The maximum Gasteiger partial charge on any atom is 0.142 e. The van der Waals surface area contributed by atoms with Crippen LogP contribution in [0.5, 0.6) is 5.75 Å². The molecule has 15 heavy (non-hydrogen) atoms. The van der Waals surface area contributed by atoms with Crippen LogP contribution < -0.4 is 15.4 Å². The molecule has 1 atom stereocenters. The van der Waals surface area contributed by atoms with E-state index in [0.717, 1.165) is 11.4 Å². The molecule has 78 valence electrons. The lowest BCUT2D eigenvalue weighted by atomic mass is 10.1. The molecule has 1 aromatic rings. The van der Waals surface area contributed by atoms with Crippen LogP contribution in [0.15, 0.2) is 18.2 Å². The van der Waals surface area contributed by atoms with Gasteiger partial charge < -0.3 is 15.4 Å². The molecule has 0 aliphatic carbocycles. The van der Waals surface area contributed by atoms with Crippen LogP contribution in [0.25, 0.3) is 0 Å². The third-order valence-electron chi connectivity index (χ3n) is 2.67. The van der Waals surface area contributed by atoms with Crippen LogP contribution in [-0.4, -0.2) is 19.7 Å². The number of rotatable bonds is 1. The van der Waals surface area contributed by atoms with Crippen LogP contribution >= 0.6 is 0 Å². The van der Waals surface area contributed by atoms with Crippen LogP contribution in [-0.2, 0) is 0 Å². The van der Waals surface area contributed by atoms with E-state index in [-0.39, 0.29) is 6.04 Å². The lowest BCUT2D eigenvalue weighted by Crippen LogP contribution is -2.40. The Balaban J connectivity index is 2.32. The van der Waals surface area contributed by atoms with Gasteiger partial charge in [0.25, 0.3) is 0 Å². The Labute approximate surface area is 88.9 Å². The lowest BCUT2D eigenvalue weighted by Gasteiger charge is -2.34. The van der Waals surface area contributed by atoms with Crippen LogP contribution in [0.1, 0.15) is 6.42 Å². The number of hydrogen-bond acceptors (Lipinski definition) is 4. The smallest absolute Gasteiger partial charge is 0.142 e. The van der Waals surface area contributed by atoms with Gasteiger partial charge in [0.1, 0.15) is 12.4 Å². The van der Waals surface area contributed by atoms with Crippen LogP contribution in [0, 0.1) is 11.3 Å². The summed E-state index contributed by atoms with van der Waals surface area (Å²) in [6.07, 6.45) is 0.463. The normalized spacial score (nSPS) is 18.9. The van der Waals surface area contributed by atoms with E-state index >= 15 is 0 Å². The van der Waals surface area contributed by atoms with Gasteiger partial charge in [-0.25, -0.2) is 0 Å². The number of likely N-dealkylation sites (N-methyl/N-ethyl adjacent to an activating group) is 1. The van der Waals surface area contributed by atoms with E-state index in [9.17, 15) is 0 Å². The summed E-state index contributed by atoms with van der Waals surface area (Å²) in [4.78, 5) is 2.05. The molecular weight excluding hydrogens is 190 g/mol. The fourth-order valence-corrected chi connectivity index (χ4v) is 1.73. The molecule has 0 spiro atoms. The first-order chi connectivity index (χ1) is 7.22. The summed E-state index contributed by atoms with van der Waals surface area (Å²) in [5.41, 5.74) is 7.39. The number of ether oxygens (including phenoxy) is 1. The lowest BCUT2D eigenvalue weighted by molar-refractivity contribution is 0.268. The molecule has 4 heteroatoms. The monoisotopic (exact) mass is 203 g/mol. The standard InChI is InChI=1S/C11H13N3O/c1-14-9(4-5-12)7-15-11-3-2-8(13)6-10(11)14/h2-3,6,9H,4,7,13H2,1H3. The number of anilines is 2. The van der Waals surface area contributed by atoms with E-state index in [1.165, 1.54) is 0 Å². The zero-order valence-electron chi connectivity index (χ0n) is 8.60. The number of nitrogens with two attached hydrogens (primary N) is 1. The Morgan fingerprint density at radius 3 is 3.20 bits per heavy atom. The molecule has 1 aromatic carbocycles. The van der Waals surface area contributed by atoms with E-state index in [0.29, 0.717) is 18.7 Å². The van der Waals surface area contributed by atoms with Crippen molar-refractivity contribution in [1.82, 2.24) is 0 Å². The molecule has 2 N–H and O–H groups in total. The summed E-state index contributed by atoms with van der Waals surface area (Å²) in [5, 5.41) is 8.68. The highest BCUT2D eigenvalue weighted by Crippen LogP contribution is 2.34. The number of fused-ring (bicyclic) bond motifs is 1. The number of nitrogen functional groups attached to an aromatic ring is 1. The molecule has 0 aromatic heterocycles. The van der Waals surface area contributed by atoms with E-state index in [2.05, 4.69) is 11.0 Å². The molecule has 1 aliphatic heterocycles. The van der Waals surface area contributed by atoms with Gasteiger partial charge in [0.15, 0.2) is 0 Å². The minimum absolute atomic E-state index is 0.115. The van der Waals surface area contributed by atoms with E-state index in [1.54, 1.807) is 0 Å². The van der Waals surface area contributed by atoms with Crippen molar-refractivity contribution in [3.63, 3.8) is 0 Å². The summed E-state index contributed by atoms with van der Waals surface area (Å²) in [6, 6.07) is 7.83. The number of nitrogens with zero attached hydrogens (tertiary/aromatic N) is 2. The van der Waals surface area contributed by atoms with Crippen LogP contribution in [0.3, 0.4) is 0 Å². The second-order valence-corrected chi connectivity index (χ2v) is 3.67. The molecular formula is C11H13N3O. The van der Waals surface area contributed by atoms with Gasteiger partial charge in [-0.1, -0.05) is 0 Å². The van der Waals surface area contributed by atoms with Crippen LogP contribution in [0.4, 0.5) is 11.4 Å². The van der Waals surface area contributed by atoms with Gasteiger partial charge in [-0.15, -0.1) is 0 Å². The van der Waals surface area contributed by atoms with E-state index < -0.39 is 0 Å². The molecule has 1 unspecified atom stereocenters. The largest absolute Gasteiger partial charge is 0.489 e. The molecule has 0 saturated carbocycles. The van der Waals surface area contributed by atoms with Gasteiger partial charge in [0.2, 0.25) is 0 Å². The molecule has 1 heterocycles. The Morgan fingerprint density at radius 2 is 2.47 bits per heavy atom. The van der Waals surface area contributed by atoms with Crippen molar-refractivity contribution in [3.05, 3.63) is 18.2 Å². The van der Waals surface area contributed by atoms with E-state index in [1.807, 2.05) is 25.2 Å². The summed E-state index contributed by atoms with van der Waals surface area (Å²) in [7, 11) is 1.96. The van der Waals surface area contributed by atoms with Crippen molar-refractivity contribution in [1.29, 1.82) is 5.26 Å². The highest BCUT2D eigenvalue weighted by Gasteiger charge is 2.24. The fourth-order valence-electron chi connectivity index (χ4n) is 1.73. The average Bonchev–Trinajstić information content (AvgIpc) is 2.23. The predicted molar refractivity (Wildman–Crippen MR) is 58.8 cm³/mol. The summed E-state index contributed by atoms with van der Waals surface area (Å²) < 4.78 is 5.57. The zero-order chi connectivity index (χ0) is 10.8. The highest BCUT2D eigenvalue weighted by atomic mass is 16.5. The Hall–Kier alpha value is -1.89. The Bertz CT molecular complexity index is 411. The van der Waals surface area contributed by atoms with Crippen molar-refractivity contribution in [3.8, 4) is 11.8 Å². The third kappa shape index (κ3) is 1.68. The predicted octanol–water partition coefficient (Wildman–Crippen LogP) is 1.38. The molecule has 2 rings (SSSR count). The first kappa shape index (κ1) is 9.66. The number of hydrogen-bond donors (Lipinski definition) is 1. The van der Waals surface area contributed by atoms with Crippen molar-refractivity contribution in [2.45, 2.75) is 12.5 Å². The first-order valence-corrected chi connectivity index (χ1v) is 4.84. The molecule has 0 bridgehead atoms. The minimum Gasteiger partial charge on any atom is -0.489 e. The number of nitriles is 1. The second kappa shape index (κ2) is 3.70. The Kier molecular flexibility index (Phi) is 2.38. The van der Waals surface area contributed by atoms with Gasteiger partial charge in [-0.05, 0) is 18.2 Å². The fraction of sp³-hybridized carbons (Fsp3) is 0.364. The van der Waals surface area contributed by atoms with Crippen molar-refractivity contribution >= 4 is 11.4 Å². The van der Waals surface area contributed by atoms with Crippen molar-refractivity contribution < 1.29 is 4.74 Å². The van der Waals surface area contributed by atoms with Crippen molar-refractivity contribution in [2.24, 2.45) is 0 Å². The first-order valence-electron chi connectivity index (χ1n) is 4.84. The average molecular weight is 203 g/mol. The second-order valence-electron chi connectivity index (χ2n) is 3.67. The third-order valence-corrected chi connectivity index (χ3v) is 2.67. The number of benzene rings is 1. The van der Waals surface area contributed by atoms with Gasteiger partial charge in [-0.2, -0.15) is 5.26 Å². The molecule has 0 radical (unpaired) electrons. The van der Waals surface area contributed by atoms with Gasteiger partial charge >= 0.3 is 0 Å². The Morgan fingerprint density at radius 1 is 1.67 bits per heavy atom. The van der Waals surface area contributed by atoms with Crippen molar-refractivity contribution in [2.75, 3.05) is 24.3 Å². The highest BCUT2D eigenvalue weighted by molar-refractivity contribution is 5.66.